The van der Waals surface area contributed by atoms with E-state index in [1.807, 2.05) is 0 Å². The van der Waals surface area contributed by atoms with E-state index in [1.54, 1.807) is 0 Å². The van der Waals surface area contributed by atoms with Gasteiger partial charge in [-0.15, -0.1) is 0 Å². The second-order valence-corrected chi connectivity index (χ2v) is 15.4. The molecule has 0 aliphatic heterocycles. The molecule has 1 aliphatic carbocycles. The first-order chi connectivity index (χ1) is 27.5. The summed E-state index contributed by atoms with van der Waals surface area (Å²) < 4.78 is 0. The molecule has 0 fully saturated rings. The average molecular weight is 716 g/mol. The Morgan fingerprint density at radius 2 is 0.732 bits per heavy atom. The van der Waals surface area contributed by atoms with Gasteiger partial charge in [0.15, 0.2) is 0 Å². The van der Waals surface area contributed by atoms with Crippen LogP contribution in [0.2, 0.25) is 0 Å². The monoisotopic (exact) mass is 715 g/mol. The molecule has 266 valence electrons. The van der Waals surface area contributed by atoms with Crippen molar-refractivity contribution in [2.45, 2.75) is 19.3 Å². The third kappa shape index (κ3) is 5.90. The first-order valence-corrected chi connectivity index (χ1v) is 19.5. The van der Waals surface area contributed by atoms with Crippen LogP contribution in [0.15, 0.2) is 212 Å². The molecule has 56 heavy (non-hydrogen) atoms. The largest absolute Gasteiger partial charge is 0.310 e. The van der Waals surface area contributed by atoms with Crippen LogP contribution in [0.3, 0.4) is 0 Å². The van der Waals surface area contributed by atoms with Crippen molar-refractivity contribution in [1.29, 1.82) is 0 Å². The van der Waals surface area contributed by atoms with E-state index in [9.17, 15) is 0 Å². The highest BCUT2D eigenvalue weighted by atomic mass is 15.1. The van der Waals surface area contributed by atoms with E-state index < -0.39 is 0 Å². The van der Waals surface area contributed by atoms with Gasteiger partial charge in [0.05, 0.1) is 0 Å². The smallest absolute Gasteiger partial charge is 0.0465 e. The van der Waals surface area contributed by atoms with Crippen LogP contribution in [0, 0.1) is 0 Å². The van der Waals surface area contributed by atoms with E-state index in [2.05, 4.69) is 231 Å². The molecule has 1 nitrogen and oxygen atoms in total. The Bertz CT molecular complexity index is 2740. The topological polar surface area (TPSA) is 3.24 Å². The molecule has 1 aliphatic rings. The Morgan fingerprint density at radius 3 is 1.36 bits per heavy atom. The third-order valence-electron chi connectivity index (χ3n) is 11.7. The van der Waals surface area contributed by atoms with Crippen LogP contribution < -0.4 is 4.90 Å². The van der Waals surface area contributed by atoms with Crippen LogP contribution in [0.1, 0.15) is 25.0 Å². The van der Waals surface area contributed by atoms with Gasteiger partial charge in [-0.3, -0.25) is 0 Å². The maximum absolute atomic E-state index is 2.42. The number of anilines is 3. The van der Waals surface area contributed by atoms with E-state index in [4.69, 9.17) is 0 Å². The lowest BCUT2D eigenvalue weighted by molar-refractivity contribution is 0.660. The zero-order valence-corrected chi connectivity index (χ0v) is 31.7. The molecule has 0 N–H and O–H groups in total. The Morgan fingerprint density at radius 1 is 0.304 bits per heavy atom. The third-order valence-corrected chi connectivity index (χ3v) is 11.7. The van der Waals surface area contributed by atoms with Crippen LogP contribution in [0.4, 0.5) is 17.1 Å². The van der Waals surface area contributed by atoms with Crippen LogP contribution >= 0.6 is 0 Å². The molecule has 0 bridgehead atoms. The van der Waals surface area contributed by atoms with Gasteiger partial charge in [0.2, 0.25) is 0 Å². The van der Waals surface area contributed by atoms with Crippen LogP contribution in [-0.4, -0.2) is 0 Å². The van der Waals surface area contributed by atoms with Crippen molar-refractivity contribution >= 4 is 27.8 Å². The molecule has 0 amide bonds. The van der Waals surface area contributed by atoms with Crippen LogP contribution in [0.5, 0.6) is 0 Å². The fourth-order valence-electron chi connectivity index (χ4n) is 8.68. The molecule has 10 rings (SSSR count). The van der Waals surface area contributed by atoms with Crippen molar-refractivity contribution in [1.82, 2.24) is 0 Å². The van der Waals surface area contributed by atoms with Gasteiger partial charge in [0.1, 0.15) is 0 Å². The number of hydrogen-bond acceptors (Lipinski definition) is 1. The summed E-state index contributed by atoms with van der Waals surface area (Å²) in [4.78, 5) is 2.39. The number of benzene rings is 9. The van der Waals surface area contributed by atoms with Crippen molar-refractivity contribution in [3.8, 4) is 55.6 Å². The molecule has 0 saturated carbocycles. The van der Waals surface area contributed by atoms with E-state index in [0.717, 1.165) is 17.1 Å². The predicted molar refractivity (Wildman–Crippen MR) is 238 cm³/mol. The van der Waals surface area contributed by atoms with E-state index in [0.29, 0.717) is 0 Å². The SMILES string of the molecule is CC1(C)c2cc(-c3ccc(-c4cccc5ccccc45)cc3)ccc2-c2ccc(N(c3ccc(-c4ccccc4)cc3)c3ccc(-c4ccccc4)cc3)cc21. The maximum Gasteiger partial charge on any atom is 0.0465 e. The van der Waals surface area contributed by atoms with Crippen molar-refractivity contribution < 1.29 is 0 Å². The molecule has 0 spiro atoms. The Labute approximate surface area is 329 Å². The van der Waals surface area contributed by atoms with Crippen molar-refractivity contribution in [3.05, 3.63) is 223 Å². The van der Waals surface area contributed by atoms with Crippen molar-refractivity contribution in [3.63, 3.8) is 0 Å². The van der Waals surface area contributed by atoms with Gasteiger partial charge in [-0.1, -0.05) is 184 Å². The number of nitrogens with zero attached hydrogens (tertiary/aromatic N) is 1. The Balaban J connectivity index is 1.01. The van der Waals surface area contributed by atoms with Crippen molar-refractivity contribution in [2.24, 2.45) is 0 Å². The van der Waals surface area contributed by atoms with Gasteiger partial charge in [0, 0.05) is 22.5 Å². The van der Waals surface area contributed by atoms with E-state index >= 15 is 0 Å². The van der Waals surface area contributed by atoms with Crippen LogP contribution in [-0.2, 0) is 5.41 Å². The lowest BCUT2D eigenvalue weighted by atomic mass is 9.81. The summed E-state index contributed by atoms with van der Waals surface area (Å²) in [5, 5.41) is 2.55. The van der Waals surface area contributed by atoms with Crippen molar-refractivity contribution in [2.75, 3.05) is 4.90 Å². The molecule has 9 aromatic carbocycles. The van der Waals surface area contributed by atoms with E-state index in [-0.39, 0.29) is 5.41 Å². The molecule has 1 heteroatoms. The summed E-state index contributed by atoms with van der Waals surface area (Å²) in [6.45, 7) is 4.75. The minimum Gasteiger partial charge on any atom is -0.310 e. The minimum atomic E-state index is -0.181. The Kier molecular flexibility index (Phi) is 8.23. The lowest BCUT2D eigenvalue weighted by Crippen LogP contribution is -2.16. The number of fused-ring (bicyclic) bond motifs is 4. The summed E-state index contributed by atoms with van der Waals surface area (Å²) in [5.74, 6) is 0. The quantitative estimate of drug-likeness (QED) is 0.159. The average Bonchev–Trinajstić information content (AvgIpc) is 3.49. The molecule has 0 aromatic heterocycles. The zero-order valence-electron chi connectivity index (χ0n) is 31.7. The molecule has 0 atom stereocenters. The van der Waals surface area contributed by atoms with Gasteiger partial charge < -0.3 is 4.90 Å². The molecule has 0 unspecified atom stereocenters. The molecule has 0 heterocycles. The molecule has 9 aromatic rings. The number of hydrogen-bond donors (Lipinski definition) is 0. The molecular formula is C55H41N. The second kappa shape index (κ2) is 13.7. The normalized spacial score (nSPS) is 12.6. The minimum absolute atomic E-state index is 0.181. The van der Waals surface area contributed by atoms with Gasteiger partial charge in [-0.05, 0) is 120 Å². The zero-order chi connectivity index (χ0) is 37.6. The highest BCUT2D eigenvalue weighted by molar-refractivity contribution is 5.97. The highest BCUT2D eigenvalue weighted by Crippen LogP contribution is 2.52. The van der Waals surface area contributed by atoms with Gasteiger partial charge in [-0.2, -0.15) is 0 Å². The van der Waals surface area contributed by atoms with Gasteiger partial charge >= 0.3 is 0 Å². The molecular weight excluding hydrogens is 675 g/mol. The van der Waals surface area contributed by atoms with E-state index in [1.165, 1.54) is 77.5 Å². The standard InChI is InChI=1S/C55H41N/c1-55(2)53-36-45(42-20-22-44(23-21-42)50-19-11-17-43-16-9-10-18-49(43)50)28-34-51(53)52-35-33-48(37-54(52)55)56(46-29-24-40(25-30-46)38-12-5-3-6-13-38)47-31-26-41(27-32-47)39-14-7-4-8-15-39/h3-37H,1-2H3. The lowest BCUT2D eigenvalue weighted by Gasteiger charge is -2.28. The first-order valence-electron chi connectivity index (χ1n) is 19.5. The fourth-order valence-corrected chi connectivity index (χ4v) is 8.68. The summed E-state index contributed by atoms with van der Waals surface area (Å²) in [6, 6.07) is 77.5. The molecule has 0 radical (unpaired) electrons. The van der Waals surface area contributed by atoms with Gasteiger partial charge in [-0.25, -0.2) is 0 Å². The first kappa shape index (κ1) is 33.6. The predicted octanol–water partition coefficient (Wildman–Crippen LogP) is 15.3. The highest BCUT2D eigenvalue weighted by Gasteiger charge is 2.36. The summed E-state index contributed by atoms with van der Waals surface area (Å²) in [5.41, 5.74) is 18.4. The Hall–Kier alpha value is -6.96. The fraction of sp³-hybridized carbons (Fsp3) is 0.0545. The summed E-state index contributed by atoms with van der Waals surface area (Å²) in [6.07, 6.45) is 0. The summed E-state index contributed by atoms with van der Waals surface area (Å²) in [7, 11) is 0. The second-order valence-electron chi connectivity index (χ2n) is 15.4. The maximum atomic E-state index is 2.42. The summed E-state index contributed by atoms with van der Waals surface area (Å²) >= 11 is 0. The van der Waals surface area contributed by atoms with Gasteiger partial charge in [0.25, 0.3) is 0 Å². The molecule has 0 saturated heterocycles. The van der Waals surface area contributed by atoms with Crippen LogP contribution in [0.25, 0.3) is 66.4 Å². The number of rotatable bonds is 7.